The van der Waals surface area contributed by atoms with Crippen molar-refractivity contribution in [3.63, 3.8) is 0 Å². The number of nitrogens with zero attached hydrogens (tertiary/aromatic N) is 1. The molecule has 1 heterocycles. The number of benzene rings is 1. The highest BCUT2D eigenvalue weighted by molar-refractivity contribution is 5.89. The average Bonchev–Trinajstić information content (AvgIpc) is 2.54. The molecule has 0 saturated heterocycles. The smallest absolute Gasteiger partial charge is 0.125 e. The zero-order chi connectivity index (χ0) is 10.8. The molecule has 0 atom stereocenters. The molecule has 1 aromatic carbocycles. The minimum Gasteiger partial charge on any atom is -0.507 e. The maximum Gasteiger partial charge on any atom is 0.125 e. The van der Waals surface area contributed by atoms with Crippen LogP contribution in [0.4, 0.5) is 0 Å². The molecule has 1 aromatic heterocycles. The molecular formula is C12H16N2O. The van der Waals surface area contributed by atoms with E-state index in [9.17, 15) is 5.11 Å². The van der Waals surface area contributed by atoms with Crippen LogP contribution >= 0.6 is 0 Å². The molecule has 2 aromatic rings. The van der Waals surface area contributed by atoms with Crippen LogP contribution in [0, 0.1) is 6.92 Å². The van der Waals surface area contributed by atoms with Gasteiger partial charge in [0, 0.05) is 18.1 Å². The van der Waals surface area contributed by atoms with Gasteiger partial charge in [0.05, 0.1) is 5.52 Å². The third kappa shape index (κ3) is 1.70. The molecule has 0 unspecified atom stereocenters. The van der Waals surface area contributed by atoms with E-state index in [0.29, 0.717) is 12.3 Å². The zero-order valence-corrected chi connectivity index (χ0v) is 8.90. The fourth-order valence-corrected chi connectivity index (χ4v) is 1.99. The van der Waals surface area contributed by atoms with Gasteiger partial charge in [0.25, 0.3) is 0 Å². The van der Waals surface area contributed by atoms with Crippen LogP contribution in [0.25, 0.3) is 10.9 Å². The van der Waals surface area contributed by atoms with Crippen molar-refractivity contribution in [1.82, 2.24) is 4.57 Å². The van der Waals surface area contributed by atoms with Crippen LogP contribution in [0.5, 0.6) is 5.75 Å². The molecule has 2 rings (SSSR count). The summed E-state index contributed by atoms with van der Waals surface area (Å²) in [6.07, 6.45) is 3.03. The maximum atomic E-state index is 9.75. The molecule has 80 valence electrons. The highest BCUT2D eigenvalue weighted by Gasteiger charge is 2.07. The van der Waals surface area contributed by atoms with Crippen molar-refractivity contribution in [2.45, 2.75) is 19.9 Å². The summed E-state index contributed by atoms with van der Waals surface area (Å²) in [7, 11) is 0. The van der Waals surface area contributed by atoms with E-state index >= 15 is 0 Å². The maximum absolute atomic E-state index is 9.75. The standard InChI is InChI=1S/C12H16N2O/c1-9-8-14(7-3-6-13)10-4-2-5-11(15)12(9)10/h2,4-5,8,15H,3,6-7,13H2,1H3. The van der Waals surface area contributed by atoms with Crippen LogP contribution < -0.4 is 5.73 Å². The highest BCUT2D eigenvalue weighted by Crippen LogP contribution is 2.29. The second-order valence-corrected chi connectivity index (χ2v) is 3.82. The molecule has 15 heavy (non-hydrogen) atoms. The van der Waals surface area contributed by atoms with Gasteiger partial charge in [0.15, 0.2) is 0 Å². The molecule has 0 bridgehead atoms. The molecule has 3 heteroatoms. The summed E-state index contributed by atoms with van der Waals surface area (Å²) in [5.41, 5.74) is 7.69. The lowest BCUT2D eigenvalue weighted by molar-refractivity contribution is 0.481. The number of nitrogens with two attached hydrogens (primary N) is 1. The van der Waals surface area contributed by atoms with Gasteiger partial charge in [-0.3, -0.25) is 0 Å². The van der Waals surface area contributed by atoms with Gasteiger partial charge in [0.1, 0.15) is 5.75 Å². The van der Waals surface area contributed by atoms with Gasteiger partial charge in [-0.1, -0.05) is 6.07 Å². The van der Waals surface area contributed by atoms with E-state index in [0.717, 1.165) is 29.4 Å². The van der Waals surface area contributed by atoms with Crippen molar-refractivity contribution >= 4 is 10.9 Å². The highest BCUT2D eigenvalue weighted by atomic mass is 16.3. The van der Waals surface area contributed by atoms with Crippen LogP contribution in [0.3, 0.4) is 0 Å². The number of fused-ring (bicyclic) bond motifs is 1. The molecule has 0 aliphatic carbocycles. The molecule has 0 aliphatic rings. The number of aromatic nitrogens is 1. The van der Waals surface area contributed by atoms with Crippen molar-refractivity contribution < 1.29 is 5.11 Å². The SMILES string of the molecule is Cc1cn(CCCN)c2cccc(O)c12. The third-order valence-corrected chi connectivity index (χ3v) is 2.68. The molecule has 0 amide bonds. The van der Waals surface area contributed by atoms with E-state index in [2.05, 4.69) is 10.8 Å². The monoisotopic (exact) mass is 204 g/mol. The fourth-order valence-electron chi connectivity index (χ4n) is 1.99. The number of hydrogen-bond acceptors (Lipinski definition) is 2. The quantitative estimate of drug-likeness (QED) is 0.803. The average molecular weight is 204 g/mol. The first-order chi connectivity index (χ1) is 7.24. The lowest BCUT2D eigenvalue weighted by Gasteiger charge is -2.03. The number of aromatic hydroxyl groups is 1. The summed E-state index contributed by atoms with van der Waals surface area (Å²) in [4.78, 5) is 0. The van der Waals surface area contributed by atoms with Crippen LogP contribution in [0.1, 0.15) is 12.0 Å². The molecule has 0 aliphatic heterocycles. The summed E-state index contributed by atoms with van der Waals surface area (Å²) >= 11 is 0. The van der Waals surface area contributed by atoms with E-state index in [1.807, 2.05) is 19.1 Å². The summed E-state index contributed by atoms with van der Waals surface area (Å²) in [5, 5.41) is 10.7. The van der Waals surface area contributed by atoms with Crippen molar-refractivity contribution in [2.75, 3.05) is 6.54 Å². The normalized spacial score (nSPS) is 11.1. The van der Waals surface area contributed by atoms with Gasteiger partial charge in [-0.2, -0.15) is 0 Å². The lowest BCUT2D eigenvalue weighted by Crippen LogP contribution is -2.04. The predicted octanol–water partition coefficient (Wildman–Crippen LogP) is 2.00. The van der Waals surface area contributed by atoms with Gasteiger partial charge >= 0.3 is 0 Å². The minimum atomic E-state index is 0.358. The second kappa shape index (κ2) is 3.95. The van der Waals surface area contributed by atoms with Crippen LogP contribution in [-0.4, -0.2) is 16.2 Å². The third-order valence-electron chi connectivity index (χ3n) is 2.68. The van der Waals surface area contributed by atoms with Crippen LogP contribution in [-0.2, 0) is 6.54 Å². The van der Waals surface area contributed by atoms with Crippen LogP contribution in [0.15, 0.2) is 24.4 Å². The number of hydrogen-bond donors (Lipinski definition) is 2. The molecular weight excluding hydrogens is 188 g/mol. The molecule has 3 N–H and O–H groups in total. The summed E-state index contributed by atoms with van der Waals surface area (Å²) in [6.45, 7) is 3.61. The van der Waals surface area contributed by atoms with E-state index < -0.39 is 0 Å². The summed E-state index contributed by atoms with van der Waals surface area (Å²) < 4.78 is 2.15. The second-order valence-electron chi connectivity index (χ2n) is 3.82. The Morgan fingerprint density at radius 1 is 1.40 bits per heavy atom. The van der Waals surface area contributed by atoms with Gasteiger partial charge in [-0.05, 0) is 37.6 Å². The molecule has 0 spiro atoms. The van der Waals surface area contributed by atoms with Crippen molar-refractivity contribution in [3.05, 3.63) is 30.0 Å². The molecule has 0 saturated carbocycles. The minimum absolute atomic E-state index is 0.358. The topological polar surface area (TPSA) is 51.2 Å². The Labute approximate surface area is 89.1 Å². The Morgan fingerprint density at radius 2 is 2.20 bits per heavy atom. The van der Waals surface area contributed by atoms with Gasteiger partial charge in [-0.25, -0.2) is 0 Å². The first-order valence-electron chi connectivity index (χ1n) is 5.21. The van der Waals surface area contributed by atoms with Gasteiger partial charge in [-0.15, -0.1) is 0 Å². The Kier molecular flexibility index (Phi) is 2.64. The van der Waals surface area contributed by atoms with E-state index in [-0.39, 0.29) is 0 Å². The molecule has 3 nitrogen and oxygen atoms in total. The lowest BCUT2D eigenvalue weighted by atomic mass is 10.2. The van der Waals surface area contributed by atoms with Gasteiger partial charge < -0.3 is 15.4 Å². The Hall–Kier alpha value is -1.48. The first-order valence-corrected chi connectivity index (χ1v) is 5.21. The number of phenols is 1. The number of phenolic OH excluding ortho intramolecular Hbond substituents is 1. The summed E-state index contributed by atoms with van der Waals surface area (Å²) in [5.74, 6) is 0.358. The fraction of sp³-hybridized carbons (Fsp3) is 0.333. The van der Waals surface area contributed by atoms with Gasteiger partial charge in [0.2, 0.25) is 0 Å². The first kappa shape index (κ1) is 10.1. The number of aryl methyl sites for hydroxylation is 2. The largest absolute Gasteiger partial charge is 0.507 e. The van der Waals surface area contributed by atoms with Crippen molar-refractivity contribution in [3.8, 4) is 5.75 Å². The Balaban J connectivity index is 2.53. The Morgan fingerprint density at radius 3 is 2.93 bits per heavy atom. The van der Waals surface area contributed by atoms with E-state index in [1.165, 1.54) is 0 Å². The van der Waals surface area contributed by atoms with Crippen LogP contribution in [0.2, 0.25) is 0 Å². The summed E-state index contributed by atoms with van der Waals surface area (Å²) in [6, 6.07) is 5.62. The van der Waals surface area contributed by atoms with Crippen molar-refractivity contribution in [1.29, 1.82) is 0 Å². The van der Waals surface area contributed by atoms with Crippen molar-refractivity contribution in [2.24, 2.45) is 5.73 Å². The molecule has 0 radical (unpaired) electrons. The predicted molar refractivity (Wildman–Crippen MR) is 62.0 cm³/mol. The number of rotatable bonds is 3. The zero-order valence-electron chi connectivity index (χ0n) is 8.90. The van der Waals surface area contributed by atoms with E-state index in [1.54, 1.807) is 6.07 Å². The molecule has 0 fully saturated rings. The van der Waals surface area contributed by atoms with E-state index in [4.69, 9.17) is 5.73 Å². The Bertz CT molecular complexity index is 474.